The van der Waals surface area contributed by atoms with Crippen LogP contribution in [0, 0.1) is 0 Å². The average Bonchev–Trinajstić information content (AvgIpc) is 3.29. The number of rotatable bonds is 6. The molecule has 1 aliphatic heterocycles. The molecule has 1 aromatic heterocycles. The maximum absolute atomic E-state index is 13.7. The molecule has 3 N–H and O–H groups in total. The Balaban J connectivity index is 1.85. The summed E-state index contributed by atoms with van der Waals surface area (Å²) < 4.78 is 33.5. The van der Waals surface area contributed by atoms with Crippen molar-refractivity contribution in [2.24, 2.45) is 0 Å². The lowest BCUT2D eigenvalue weighted by Gasteiger charge is -2.33. The summed E-state index contributed by atoms with van der Waals surface area (Å²) in [4.78, 5) is 13.5. The number of nitrogens with one attached hydrogen (secondary N) is 1. The SMILES string of the molecule is COc1ccc(S(=O)(=O)N2C[C@H](O)c3sccc3[C@@H](Cc3ccccc3)C2C(=O)NO)cc1. The number of hydrogen-bond acceptors (Lipinski definition) is 7. The van der Waals surface area contributed by atoms with E-state index in [4.69, 9.17) is 4.74 Å². The summed E-state index contributed by atoms with van der Waals surface area (Å²) in [5.74, 6) is -1.01. The second kappa shape index (κ2) is 9.62. The molecule has 0 saturated heterocycles. The van der Waals surface area contributed by atoms with Gasteiger partial charge in [0.15, 0.2) is 0 Å². The predicted molar refractivity (Wildman–Crippen MR) is 123 cm³/mol. The molecule has 1 unspecified atom stereocenters. The Kier molecular flexibility index (Phi) is 6.82. The quantitative estimate of drug-likeness (QED) is 0.363. The Morgan fingerprint density at radius 3 is 2.48 bits per heavy atom. The number of carbonyl (C=O) groups excluding carboxylic acids is 1. The van der Waals surface area contributed by atoms with Crippen LogP contribution >= 0.6 is 11.3 Å². The van der Waals surface area contributed by atoms with E-state index in [1.54, 1.807) is 11.5 Å². The summed E-state index contributed by atoms with van der Waals surface area (Å²) in [6.07, 6.45) is -0.785. The van der Waals surface area contributed by atoms with Crippen LogP contribution in [0.3, 0.4) is 0 Å². The highest BCUT2D eigenvalue weighted by Crippen LogP contribution is 2.41. The average molecular weight is 489 g/mol. The smallest absolute Gasteiger partial charge is 0.262 e. The van der Waals surface area contributed by atoms with E-state index in [1.807, 2.05) is 35.7 Å². The molecule has 0 aliphatic carbocycles. The zero-order valence-corrected chi connectivity index (χ0v) is 19.4. The second-order valence-corrected chi connectivity index (χ2v) is 10.6. The third kappa shape index (κ3) is 4.53. The summed E-state index contributed by atoms with van der Waals surface area (Å²) in [5.41, 5.74) is 3.23. The molecular formula is C23H24N2O6S2. The van der Waals surface area contributed by atoms with Crippen molar-refractivity contribution in [3.8, 4) is 5.75 Å². The van der Waals surface area contributed by atoms with Crippen molar-refractivity contribution in [1.82, 2.24) is 9.79 Å². The molecule has 1 amide bonds. The van der Waals surface area contributed by atoms with E-state index >= 15 is 0 Å². The Bertz CT molecular complexity index is 1210. The summed E-state index contributed by atoms with van der Waals surface area (Å²) in [6.45, 7) is -0.328. The highest BCUT2D eigenvalue weighted by Gasteiger charge is 2.46. The van der Waals surface area contributed by atoms with Crippen molar-refractivity contribution in [2.75, 3.05) is 13.7 Å². The van der Waals surface area contributed by atoms with Gasteiger partial charge in [-0.15, -0.1) is 11.3 Å². The number of methoxy groups -OCH3 is 1. The van der Waals surface area contributed by atoms with E-state index in [-0.39, 0.29) is 11.4 Å². The van der Waals surface area contributed by atoms with Crippen molar-refractivity contribution >= 4 is 27.3 Å². The molecule has 0 radical (unpaired) electrons. The lowest BCUT2D eigenvalue weighted by Crippen LogP contribution is -2.52. The Hall–Kier alpha value is -2.76. The van der Waals surface area contributed by atoms with E-state index in [1.165, 1.54) is 42.7 Å². The molecule has 10 heteroatoms. The minimum Gasteiger partial charge on any atom is -0.497 e. The molecule has 3 atom stereocenters. The van der Waals surface area contributed by atoms with Gasteiger partial charge in [-0.1, -0.05) is 30.3 Å². The van der Waals surface area contributed by atoms with E-state index in [0.717, 1.165) is 9.87 Å². The molecule has 0 spiro atoms. The molecule has 0 saturated carbocycles. The van der Waals surface area contributed by atoms with Crippen molar-refractivity contribution in [3.05, 3.63) is 82.0 Å². The van der Waals surface area contributed by atoms with Crippen LogP contribution < -0.4 is 10.2 Å². The van der Waals surface area contributed by atoms with Crippen molar-refractivity contribution in [2.45, 2.75) is 29.4 Å². The fourth-order valence-electron chi connectivity index (χ4n) is 4.25. The topological polar surface area (TPSA) is 116 Å². The Morgan fingerprint density at radius 2 is 1.85 bits per heavy atom. The third-order valence-corrected chi connectivity index (χ3v) is 8.71. The molecule has 3 aromatic rings. The number of nitrogens with zero attached hydrogens (tertiary/aromatic N) is 1. The van der Waals surface area contributed by atoms with Crippen LogP contribution in [0.5, 0.6) is 5.75 Å². The number of β-amino-alcohol motifs (C(OH)–C–C–N with tert-alkyl or cyclic N) is 1. The Morgan fingerprint density at radius 1 is 1.15 bits per heavy atom. The number of aliphatic hydroxyl groups is 1. The van der Waals surface area contributed by atoms with E-state index in [2.05, 4.69) is 0 Å². The number of carbonyl (C=O) groups is 1. The first-order chi connectivity index (χ1) is 15.9. The number of sulfonamides is 1. The predicted octanol–water partition coefficient (Wildman–Crippen LogP) is 2.69. The maximum Gasteiger partial charge on any atom is 0.262 e. The zero-order valence-electron chi connectivity index (χ0n) is 17.8. The number of ether oxygens (including phenoxy) is 1. The van der Waals surface area contributed by atoms with E-state index in [0.29, 0.717) is 22.6 Å². The molecule has 1 aliphatic rings. The number of aliphatic hydroxyl groups excluding tert-OH is 1. The van der Waals surface area contributed by atoms with Gasteiger partial charge in [0.2, 0.25) is 10.0 Å². The Labute approximate surface area is 196 Å². The number of hydrogen-bond donors (Lipinski definition) is 3. The fraction of sp³-hybridized carbons (Fsp3) is 0.261. The summed E-state index contributed by atoms with van der Waals surface area (Å²) in [6, 6.07) is 15.7. The molecule has 0 bridgehead atoms. The summed E-state index contributed by atoms with van der Waals surface area (Å²) in [5, 5.41) is 22.3. The molecule has 2 aromatic carbocycles. The lowest BCUT2D eigenvalue weighted by atomic mass is 9.86. The fourth-order valence-corrected chi connectivity index (χ4v) is 6.82. The van der Waals surface area contributed by atoms with Gasteiger partial charge >= 0.3 is 0 Å². The summed E-state index contributed by atoms with van der Waals surface area (Å²) >= 11 is 1.31. The van der Waals surface area contributed by atoms with Gasteiger partial charge in [-0.25, -0.2) is 13.9 Å². The highest BCUT2D eigenvalue weighted by molar-refractivity contribution is 7.89. The van der Waals surface area contributed by atoms with Crippen LogP contribution in [-0.4, -0.2) is 48.6 Å². The molecule has 33 heavy (non-hydrogen) atoms. The third-order valence-electron chi connectivity index (χ3n) is 5.82. The van der Waals surface area contributed by atoms with E-state index in [9.17, 15) is 23.5 Å². The van der Waals surface area contributed by atoms with Crippen LogP contribution in [0.4, 0.5) is 0 Å². The number of fused-ring (bicyclic) bond motifs is 1. The van der Waals surface area contributed by atoms with Crippen LogP contribution in [0.15, 0.2) is 70.9 Å². The molecule has 0 fully saturated rings. The molecule has 8 nitrogen and oxygen atoms in total. The van der Waals surface area contributed by atoms with Crippen LogP contribution in [0.25, 0.3) is 0 Å². The molecule has 2 heterocycles. The standard InChI is InChI=1S/C23H24N2O6S2/c1-31-16-7-9-17(10-8-16)33(29,30)25-14-20(26)22-18(11-12-32-22)19(21(25)23(27)24-28)13-15-5-3-2-4-6-15/h2-12,19-21,26,28H,13-14H2,1H3,(H,24,27)/t19-,20+,21?/m1/s1. The first-order valence-electron chi connectivity index (χ1n) is 10.3. The van der Waals surface area contributed by atoms with Gasteiger partial charge in [-0.2, -0.15) is 4.31 Å². The monoisotopic (exact) mass is 488 g/mol. The van der Waals surface area contributed by atoms with Crippen LogP contribution in [0.2, 0.25) is 0 Å². The number of hydroxylamine groups is 1. The molecule has 4 rings (SSSR count). The summed E-state index contributed by atoms with van der Waals surface area (Å²) in [7, 11) is -2.74. The van der Waals surface area contributed by atoms with Gasteiger partial charge < -0.3 is 9.84 Å². The van der Waals surface area contributed by atoms with Crippen LogP contribution in [-0.2, 0) is 21.2 Å². The first kappa shape index (κ1) is 23.4. The number of thiophene rings is 1. The van der Waals surface area contributed by atoms with Crippen molar-refractivity contribution in [1.29, 1.82) is 0 Å². The maximum atomic E-state index is 13.7. The van der Waals surface area contributed by atoms with Gasteiger partial charge in [0.05, 0.1) is 12.0 Å². The highest BCUT2D eigenvalue weighted by atomic mass is 32.2. The number of benzene rings is 2. The van der Waals surface area contributed by atoms with E-state index < -0.39 is 34.0 Å². The van der Waals surface area contributed by atoms with Crippen molar-refractivity contribution < 1.29 is 28.3 Å². The number of amides is 1. The minimum absolute atomic E-state index is 0.0463. The van der Waals surface area contributed by atoms with Crippen molar-refractivity contribution in [3.63, 3.8) is 0 Å². The van der Waals surface area contributed by atoms with Gasteiger partial charge in [-0.05, 0) is 53.3 Å². The van der Waals surface area contributed by atoms with Gasteiger partial charge in [0.1, 0.15) is 17.9 Å². The first-order valence-corrected chi connectivity index (χ1v) is 12.6. The minimum atomic E-state index is -4.22. The van der Waals surface area contributed by atoms with Gasteiger partial charge in [-0.3, -0.25) is 10.0 Å². The van der Waals surface area contributed by atoms with Crippen LogP contribution in [0.1, 0.15) is 28.0 Å². The molecule has 174 valence electrons. The normalized spacial score (nSPS) is 21.1. The zero-order chi connectivity index (χ0) is 23.6. The van der Waals surface area contributed by atoms with Gasteiger partial charge in [0.25, 0.3) is 5.91 Å². The lowest BCUT2D eigenvalue weighted by molar-refractivity contribution is -0.134. The second-order valence-electron chi connectivity index (χ2n) is 7.72. The largest absolute Gasteiger partial charge is 0.497 e. The van der Waals surface area contributed by atoms with Gasteiger partial charge in [0, 0.05) is 17.3 Å². The molecular weight excluding hydrogens is 464 g/mol.